The zero-order chi connectivity index (χ0) is 15.9. The van der Waals surface area contributed by atoms with Crippen molar-refractivity contribution in [2.24, 2.45) is 0 Å². The van der Waals surface area contributed by atoms with Crippen molar-refractivity contribution in [2.45, 2.75) is 39.0 Å². The van der Waals surface area contributed by atoms with E-state index in [1.165, 1.54) is 36.0 Å². The molecule has 2 nitrogen and oxygen atoms in total. The quantitative estimate of drug-likeness (QED) is 0.756. The average Bonchev–Trinajstić information content (AvgIpc) is 2.50. The van der Waals surface area contributed by atoms with E-state index >= 15 is 0 Å². The van der Waals surface area contributed by atoms with Crippen LogP contribution >= 0.6 is 0 Å². The van der Waals surface area contributed by atoms with Crippen LogP contribution in [0, 0.1) is 13.8 Å². The van der Waals surface area contributed by atoms with E-state index in [1.807, 2.05) is 44.2 Å². The maximum atomic E-state index is 10.4. The first kappa shape index (κ1) is 16.2. The minimum absolute atomic E-state index is 0.753. The summed E-state index contributed by atoms with van der Waals surface area (Å²) in [6.07, 6.45) is 5.76. The summed E-state index contributed by atoms with van der Waals surface area (Å²) in [6.45, 7) is 4.03. The third-order valence-electron chi connectivity index (χ3n) is 4.32. The lowest BCUT2D eigenvalue weighted by molar-refractivity contribution is 0.111. The molecule has 0 spiro atoms. The van der Waals surface area contributed by atoms with Gasteiger partial charge in [0.05, 0.1) is 0 Å². The molecule has 1 aliphatic rings. The van der Waals surface area contributed by atoms with Crippen LogP contribution in [-0.4, -0.2) is 12.6 Å². The third-order valence-corrected chi connectivity index (χ3v) is 4.32. The Kier molecular flexibility index (Phi) is 5.65. The Morgan fingerprint density at radius 3 is 1.86 bits per heavy atom. The highest BCUT2D eigenvalue weighted by atomic mass is 16.1. The Morgan fingerprint density at radius 2 is 1.41 bits per heavy atom. The van der Waals surface area contributed by atoms with Crippen molar-refractivity contribution in [3.8, 4) is 0 Å². The summed E-state index contributed by atoms with van der Waals surface area (Å²) in [5, 5.41) is 0. The molecular weight excluding hydrogens is 272 g/mol. The van der Waals surface area contributed by atoms with Gasteiger partial charge in [-0.25, -0.2) is 0 Å². The fourth-order valence-corrected chi connectivity index (χ4v) is 2.43. The van der Waals surface area contributed by atoms with Crippen molar-refractivity contribution in [3.63, 3.8) is 0 Å². The molecule has 0 bridgehead atoms. The predicted octanol–water partition coefficient (Wildman–Crippen LogP) is 4.88. The van der Waals surface area contributed by atoms with Gasteiger partial charge in [-0.15, -0.1) is 0 Å². The maximum absolute atomic E-state index is 10.4. The lowest BCUT2D eigenvalue weighted by Crippen LogP contribution is -2.08. The molecule has 114 valence electrons. The van der Waals surface area contributed by atoms with Gasteiger partial charge in [0.1, 0.15) is 12.6 Å². The van der Waals surface area contributed by atoms with Crippen LogP contribution in [0.15, 0.2) is 42.5 Å². The van der Waals surface area contributed by atoms with Crippen LogP contribution in [0.3, 0.4) is 0 Å². The average molecular weight is 294 g/mol. The van der Waals surface area contributed by atoms with Crippen molar-refractivity contribution >= 4 is 12.6 Å². The molecule has 1 fully saturated rings. The van der Waals surface area contributed by atoms with Gasteiger partial charge in [0.25, 0.3) is 0 Å². The lowest BCUT2D eigenvalue weighted by atomic mass is 9.80. The molecule has 2 heteroatoms. The summed E-state index contributed by atoms with van der Waals surface area (Å²) in [7, 11) is 0. The van der Waals surface area contributed by atoms with Gasteiger partial charge in [-0.05, 0) is 55.4 Å². The van der Waals surface area contributed by atoms with E-state index in [-0.39, 0.29) is 0 Å². The van der Waals surface area contributed by atoms with Gasteiger partial charge in [0.15, 0.2) is 0 Å². The van der Waals surface area contributed by atoms with Crippen molar-refractivity contribution in [1.82, 2.24) is 0 Å². The highest BCUT2D eigenvalue weighted by molar-refractivity contribution is 5.75. The second kappa shape index (κ2) is 7.69. The zero-order valence-electron chi connectivity index (χ0n) is 13.2. The van der Waals surface area contributed by atoms with Crippen LogP contribution in [-0.2, 0) is 0 Å². The summed E-state index contributed by atoms with van der Waals surface area (Å²) >= 11 is 0. The first-order chi connectivity index (χ1) is 10.6. The van der Waals surface area contributed by atoms with E-state index in [0.29, 0.717) is 0 Å². The highest BCUT2D eigenvalue weighted by Gasteiger charge is 2.18. The minimum atomic E-state index is 0.753. The minimum Gasteiger partial charge on any atom is -0.298 e. The number of carbonyl (C=O) groups is 2. The molecule has 1 aliphatic carbocycles. The fraction of sp³-hybridized carbons (Fsp3) is 0.300. The first-order valence-electron chi connectivity index (χ1n) is 7.71. The number of aldehydes is 2. The van der Waals surface area contributed by atoms with Crippen LogP contribution in [0.25, 0.3) is 0 Å². The van der Waals surface area contributed by atoms with Crippen LogP contribution in [0.5, 0.6) is 0 Å². The first-order valence-corrected chi connectivity index (χ1v) is 7.71. The van der Waals surface area contributed by atoms with Gasteiger partial charge in [0, 0.05) is 11.1 Å². The molecule has 0 radical (unpaired) electrons. The van der Waals surface area contributed by atoms with Gasteiger partial charge < -0.3 is 0 Å². The Balaban J connectivity index is 0.000000164. The molecular formula is C20H22O2. The smallest absolute Gasteiger partial charge is 0.150 e. The lowest BCUT2D eigenvalue weighted by Gasteiger charge is -2.25. The van der Waals surface area contributed by atoms with Gasteiger partial charge >= 0.3 is 0 Å². The molecule has 1 saturated carbocycles. The van der Waals surface area contributed by atoms with Crippen molar-refractivity contribution in [1.29, 1.82) is 0 Å². The van der Waals surface area contributed by atoms with E-state index < -0.39 is 0 Å². The molecule has 2 aromatic rings. The molecule has 0 N–H and O–H groups in total. The van der Waals surface area contributed by atoms with Crippen LogP contribution < -0.4 is 0 Å². The summed E-state index contributed by atoms with van der Waals surface area (Å²) in [5.41, 5.74) is 5.32. The zero-order valence-corrected chi connectivity index (χ0v) is 13.2. The molecule has 0 aliphatic heterocycles. The van der Waals surface area contributed by atoms with Crippen LogP contribution in [0.2, 0.25) is 0 Å². The maximum Gasteiger partial charge on any atom is 0.150 e. The third kappa shape index (κ3) is 4.14. The van der Waals surface area contributed by atoms with Gasteiger partial charge in [-0.3, -0.25) is 9.59 Å². The summed E-state index contributed by atoms with van der Waals surface area (Å²) in [6, 6.07) is 13.6. The number of hydrogen-bond acceptors (Lipinski definition) is 2. The van der Waals surface area contributed by atoms with Crippen molar-refractivity contribution in [2.75, 3.05) is 0 Å². The molecule has 3 rings (SSSR count). The molecule has 0 atom stereocenters. The molecule has 0 unspecified atom stereocenters. The monoisotopic (exact) mass is 294 g/mol. The second-order valence-electron chi connectivity index (χ2n) is 5.87. The topological polar surface area (TPSA) is 34.1 Å². The molecule has 22 heavy (non-hydrogen) atoms. The Bertz CT molecular complexity index is 637. The summed E-state index contributed by atoms with van der Waals surface area (Å²) < 4.78 is 0. The Hall–Kier alpha value is -2.22. The van der Waals surface area contributed by atoms with Gasteiger partial charge in [-0.1, -0.05) is 42.8 Å². The summed E-state index contributed by atoms with van der Waals surface area (Å²) in [4.78, 5) is 20.6. The molecule has 0 heterocycles. The molecule has 0 aromatic heterocycles. The van der Waals surface area contributed by atoms with E-state index in [0.717, 1.165) is 29.6 Å². The summed E-state index contributed by atoms with van der Waals surface area (Å²) in [5.74, 6) is 0.769. The number of aryl methyl sites for hydroxylation is 2. The predicted molar refractivity (Wildman–Crippen MR) is 89.7 cm³/mol. The largest absolute Gasteiger partial charge is 0.298 e. The molecule has 2 aromatic carbocycles. The van der Waals surface area contributed by atoms with Gasteiger partial charge in [0.2, 0.25) is 0 Å². The fourth-order valence-electron chi connectivity index (χ4n) is 2.43. The van der Waals surface area contributed by atoms with Crippen LogP contribution in [0.4, 0.5) is 0 Å². The van der Waals surface area contributed by atoms with Crippen LogP contribution in [0.1, 0.15) is 62.6 Å². The Labute approximate surface area is 132 Å². The van der Waals surface area contributed by atoms with E-state index in [4.69, 9.17) is 0 Å². The highest BCUT2D eigenvalue weighted by Crippen LogP contribution is 2.36. The van der Waals surface area contributed by atoms with E-state index in [9.17, 15) is 9.59 Å². The second-order valence-corrected chi connectivity index (χ2v) is 5.87. The van der Waals surface area contributed by atoms with Crippen molar-refractivity contribution in [3.05, 3.63) is 70.3 Å². The van der Waals surface area contributed by atoms with Crippen molar-refractivity contribution < 1.29 is 9.59 Å². The SMILES string of the molecule is Cc1ccc(C=O)cc1C.O=Cc1ccc(C2CCC2)cc1. The number of carbonyl (C=O) groups excluding carboxylic acids is 2. The number of benzene rings is 2. The normalized spacial score (nSPS) is 13.5. The van der Waals surface area contributed by atoms with E-state index in [1.54, 1.807) is 0 Å². The molecule has 0 saturated heterocycles. The Morgan fingerprint density at radius 1 is 0.818 bits per heavy atom. The van der Waals surface area contributed by atoms with Gasteiger partial charge in [-0.2, -0.15) is 0 Å². The number of hydrogen-bond donors (Lipinski definition) is 0. The standard InChI is InChI=1S/C11H12O.C9H10O/c12-8-9-4-6-11(7-5-9)10-2-1-3-10;1-7-3-4-9(6-10)5-8(7)2/h4-8,10H,1-3H2;3-6H,1-2H3. The number of rotatable bonds is 3. The molecule has 0 amide bonds. The van der Waals surface area contributed by atoms with E-state index in [2.05, 4.69) is 12.1 Å².